The van der Waals surface area contributed by atoms with Gasteiger partial charge in [0.2, 0.25) is 0 Å². The quantitative estimate of drug-likeness (QED) is 0.907. The summed E-state index contributed by atoms with van der Waals surface area (Å²) < 4.78 is 49.5. The van der Waals surface area contributed by atoms with Crippen LogP contribution in [0.4, 0.5) is 29.5 Å². The summed E-state index contributed by atoms with van der Waals surface area (Å²) >= 11 is 0. The average Bonchev–Trinajstić information content (AvgIpc) is 2.83. The first-order valence-electron chi connectivity index (χ1n) is 5.92. The zero-order valence-electron chi connectivity index (χ0n) is 11.2. The molecular formula is C12H11F3N4O2S. The SMILES string of the molecule is Cn1ccc(NC(=O)Nc2ccc(S(=O)C(F)(F)F)cc2)n1. The Morgan fingerprint density at radius 1 is 1.18 bits per heavy atom. The van der Waals surface area contributed by atoms with Crippen LogP contribution in [0.25, 0.3) is 0 Å². The van der Waals surface area contributed by atoms with Crippen molar-refractivity contribution in [2.24, 2.45) is 7.05 Å². The summed E-state index contributed by atoms with van der Waals surface area (Å²) in [6, 6.07) is 5.53. The van der Waals surface area contributed by atoms with Crippen molar-refractivity contribution in [3.05, 3.63) is 36.5 Å². The summed E-state index contributed by atoms with van der Waals surface area (Å²) in [6.45, 7) is 0. The van der Waals surface area contributed by atoms with Gasteiger partial charge in [-0.15, -0.1) is 0 Å². The Hall–Kier alpha value is -2.36. The highest BCUT2D eigenvalue weighted by Gasteiger charge is 2.37. The predicted molar refractivity (Wildman–Crippen MR) is 74.8 cm³/mol. The number of halogens is 3. The molecule has 0 saturated carbocycles. The minimum Gasteiger partial charge on any atom is -0.308 e. The van der Waals surface area contributed by atoms with E-state index in [0.717, 1.165) is 12.1 Å². The second-order valence-electron chi connectivity index (χ2n) is 4.19. The van der Waals surface area contributed by atoms with Gasteiger partial charge < -0.3 is 5.32 Å². The third-order valence-electron chi connectivity index (χ3n) is 2.49. The maximum atomic E-state index is 12.3. The van der Waals surface area contributed by atoms with Crippen molar-refractivity contribution >= 4 is 28.3 Å². The molecule has 22 heavy (non-hydrogen) atoms. The van der Waals surface area contributed by atoms with Crippen LogP contribution in [0.15, 0.2) is 41.4 Å². The second kappa shape index (κ2) is 6.18. The molecule has 1 unspecified atom stereocenters. The van der Waals surface area contributed by atoms with Crippen LogP contribution in [0.2, 0.25) is 0 Å². The number of anilines is 2. The number of hydrogen-bond donors (Lipinski definition) is 2. The lowest BCUT2D eigenvalue weighted by Crippen LogP contribution is -2.20. The van der Waals surface area contributed by atoms with E-state index in [1.807, 2.05) is 0 Å². The molecule has 10 heteroatoms. The van der Waals surface area contributed by atoms with Crippen molar-refractivity contribution in [1.82, 2.24) is 9.78 Å². The Bertz CT molecular complexity index is 697. The molecule has 0 aliphatic rings. The molecule has 2 rings (SSSR count). The third kappa shape index (κ3) is 4.07. The van der Waals surface area contributed by atoms with Gasteiger partial charge in [-0.3, -0.25) is 10.00 Å². The maximum Gasteiger partial charge on any atom is 0.475 e. The molecule has 1 aromatic heterocycles. The fraction of sp³-hybridized carbons (Fsp3) is 0.167. The summed E-state index contributed by atoms with van der Waals surface area (Å²) in [5, 5.41) is 8.81. The van der Waals surface area contributed by atoms with Crippen molar-refractivity contribution in [2.45, 2.75) is 10.4 Å². The number of rotatable bonds is 3. The van der Waals surface area contributed by atoms with E-state index >= 15 is 0 Å². The Morgan fingerprint density at radius 3 is 2.32 bits per heavy atom. The van der Waals surface area contributed by atoms with Crippen molar-refractivity contribution in [1.29, 1.82) is 0 Å². The van der Waals surface area contributed by atoms with Crippen molar-refractivity contribution < 1.29 is 22.2 Å². The molecule has 0 saturated heterocycles. The number of hydrogen-bond acceptors (Lipinski definition) is 3. The normalized spacial score (nSPS) is 12.7. The molecule has 0 radical (unpaired) electrons. The number of aryl methyl sites for hydroxylation is 1. The highest BCUT2D eigenvalue weighted by Crippen LogP contribution is 2.26. The molecule has 0 bridgehead atoms. The van der Waals surface area contributed by atoms with Crippen LogP contribution in [0, 0.1) is 0 Å². The number of nitrogens with zero attached hydrogens (tertiary/aromatic N) is 2. The fourth-order valence-corrected chi connectivity index (χ4v) is 2.21. The van der Waals surface area contributed by atoms with Crippen LogP contribution in [0.5, 0.6) is 0 Å². The number of carbonyl (C=O) groups is 1. The van der Waals surface area contributed by atoms with Crippen LogP contribution in [0.3, 0.4) is 0 Å². The zero-order valence-corrected chi connectivity index (χ0v) is 12.0. The molecule has 6 nitrogen and oxygen atoms in total. The number of amides is 2. The standard InChI is InChI=1S/C12H11F3N4O2S/c1-19-7-6-10(18-19)17-11(20)16-8-2-4-9(5-3-8)22(21)12(13,14)15/h2-7H,1H3,(H2,16,17,18,20). The largest absolute Gasteiger partial charge is 0.475 e. The first kappa shape index (κ1) is 16.0. The topological polar surface area (TPSA) is 76.0 Å². The zero-order chi connectivity index (χ0) is 16.3. The van der Waals surface area contributed by atoms with Crippen molar-refractivity contribution in [3.63, 3.8) is 0 Å². The summed E-state index contributed by atoms with van der Waals surface area (Å²) in [6.07, 6.45) is 1.64. The van der Waals surface area contributed by atoms with Gasteiger partial charge in [-0.2, -0.15) is 18.3 Å². The summed E-state index contributed by atoms with van der Waals surface area (Å²) in [5.41, 5.74) is -4.55. The third-order valence-corrected chi connectivity index (χ3v) is 3.61. The molecule has 2 amide bonds. The number of alkyl halides is 3. The summed E-state index contributed by atoms with van der Waals surface area (Å²) in [4.78, 5) is 11.3. The lowest BCUT2D eigenvalue weighted by Gasteiger charge is -2.08. The number of nitrogens with one attached hydrogen (secondary N) is 2. The van der Waals surface area contributed by atoms with Gasteiger partial charge in [-0.25, -0.2) is 9.00 Å². The number of urea groups is 1. The van der Waals surface area contributed by atoms with Crippen LogP contribution in [0.1, 0.15) is 0 Å². The first-order chi connectivity index (χ1) is 10.3. The van der Waals surface area contributed by atoms with Gasteiger partial charge in [-0.05, 0) is 24.3 Å². The predicted octanol–water partition coefficient (Wildman–Crippen LogP) is 2.69. The number of aromatic nitrogens is 2. The Balaban J connectivity index is 1.99. The van der Waals surface area contributed by atoms with E-state index in [-0.39, 0.29) is 10.6 Å². The van der Waals surface area contributed by atoms with E-state index in [0.29, 0.717) is 5.82 Å². The van der Waals surface area contributed by atoms with Gasteiger partial charge in [0.1, 0.15) is 0 Å². The van der Waals surface area contributed by atoms with Gasteiger partial charge >= 0.3 is 11.5 Å². The van der Waals surface area contributed by atoms with Gasteiger partial charge in [0.05, 0.1) is 0 Å². The molecular weight excluding hydrogens is 321 g/mol. The van der Waals surface area contributed by atoms with Crippen LogP contribution in [-0.2, 0) is 17.8 Å². The molecule has 0 fully saturated rings. The smallest absolute Gasteiger partial charge is 0.308 e. The first-order valence-corrected chi connectivity index (χ1v) is 7.07. The van der Waals surface area contributed by atoms with Gasteiger partial charge in [0.15, 0.2) is 16.6 Å². The number of carbonyl (C=O) groups excluding carboxylic acids is 1. The maximum absolute atomic E-state index is 12.3. The minimum absolute atomic E-state index is 0.261. The minimum atomic E-state index is -4.81. The monoisotopic (exact) mass is 332 g/mol. The summed E-state index contributed by atoms with van der Waals surface area (Å²) in [5.74, 6) is 0.329. The van der Waals surface area contributed by atoms with E-state index < -0.39 is 22.3 Å². The van der Waals surface area contributed by atoms with Crippen molar-refractivity contribution in [3.8, 4) is 0 Å². The van der Waals surface area contributed by atoms with E-state index in [4.69, 9.17) is 0 Å². The molecule has 1 atom stereocenters. The number of benzene rings is 1. The molecule has 2 aromatic rings. The molecule has 1 aromatic carbocycles. The fourth-order valence-electron chi connectivity index (χ4n) is 1.56. The van der Waals surface area contributed by atoms with E-state index in [1.165, 1.54) is 16.8 Å². The molecule has 0 aliphatic carbocycles. The lowest BCUT2D eigenvalue weighted by atomic mass is 10.3. The van der Waals surface area contributed by atoms with Gasteiger partial charge in [-0.1, -0.05) is 0 Å². The average molecular weight is 332 g/mol. The summed E-state index contributed by atoms with van der Waals surface area (Å²) in [7, 11) is -1.41. The molecule has 2 N–H and O–H groups in total. The van der Waals surface area contributed by atoms with E-state index in [1.54, 1.807) is 19.3 Å². The van der Waals surface area contributed by atoms with Crippen molar-refractivity contribution in [2.75, 3.05) is 10.6 Å². The lowest BCUT2D eigenvalue weighted by molar-refractivity contribution is -0.0384. The Kier molecular flexibility index (Phi) is 4.50. The van der Waals surface area contributed by atoms with Gasteiger partial charge in [0.25, 0.3) is 0 Å². The van der Waals surface area contributed by atoms with Crippen LogP contribution in [-0.4, -0.2) is 25.5 Å². The van der Waals surface area contributed by atoms with E-state index in [2.05, 4.69) is 15.7 Å². The highest BCUT2D eigenvalue weighted by atomic mass is 32.2. The van der Waals surface area contributed by atoms with Gasteiger partial charge in [0, 0.05) is 29.9 Å². The second-order valence-corrected chi connectivity index (χ2v) is 5.66. The molecule has 118 valence electrons. The molecule has 0 spiro atoms. The molecule has 0 aliphatic heterocycles. The van der Waals surface area contributed by atoms with Crippen LogP contribution < -0.4 is 10.6 Å². The van der Waals surface area contributed by atoms with E-state index in [9.17, 15) is 22.2 Å². The Labute approximate surface area is 125 Å². The molecule has 1 heterocycles. The highest BCUT2D eigenvalue weighted by molar-refractivity contribution is 7.86. The van der Waals surface area contributed by atoms with Crippen LogP contribution >= 0.6 is 0 Å². The Morgan fingerprint density at radius 2 is 1.82 bits per heavy atom.